The van der Waals surface area contributed by atoms with Crippen LogP contribution in [-0.4, -0.2) is 47.1 Å². The third-order valence-corrected chi connectivity index (χ3v) is 3.14. The van der Waals surface area contributed by atoms with E-state index in [2.05, 4.69) is 5.32 Å². The third kappa shape index (κ3) is 4.34. The maximum Gasteiger partial charge on any atom is 0.305 e. The molecular weight excluding hydrogens is 220 g/mol. The number of rotatable bonds is 6. The maximum atomic E-state index is 12.0. The zero-order valence-electron chi connectivity index (χ0n) is 10.6. The largest absolute Gasteiger partial charge is 0.481 e. The lowest BCUT2D eigenvalue weighted by Gasteiger charge is -2.25. The molecule has 1 heterocycles. The number of carbonyl (C=O) groups excluding carboxylic acids is 1. The first-order chi connectivity index (χ1) is 8.04. The number of hydrogen-bond acceptors (Lipinski definition) is 3. The lowest BCUT2D eigenvalue weighted by atomic mass is 10.1. The van der Waals surface area contributed by atoms with Gasteiger partial charge in [0.2, 0.25) is 5.91 Å². The maximum absolute atomic E-state index is 12.0. The zero-order valence-corrected chi connectivity index (χ0v) is 10.6. The van der Waals surface area contributed by atoms with Crippen LogP contribution in [0.15, 0.2) is 0 Å². The van der Waals surface area contributed by atoms with Crippen molar-refractivity contribution >= 4 is 11.9 Å². The van der Waals surface area contributed by atoms with E-state index >= 15 is 0 Å². The molecule has 0 spiro atoms. The van der Waals surface area contributed by atoms with Gasteiger partial charge in [0.25, 0.3) is 0 Å². The van der Waals surface area contributed by atoms with Crippen molar-refractivity contribution in [2.45, 2.75) is 51.6 Å². The molecule has 5 nitrogen and oxygen atoms in total. The van der Waals surface area contributed by atoms with Gasteiger partial charge in [-0.15, -0.1) is 0 Å². The highest BCUT2D eigenvalue weighted by Gasteiger charge is 2.30. The third-order valence-electron chi connectivity index (χ3n) is 3.14. The molecule has 2 atom stereocenters. The van der Waals surface area contributed by atoms with Crippen molar-refractivity contribution in [1.82, 2.24) is 10.2 Å². The normalized spacial score (nSPS) is 21.5. The van der Waals surface area contributed by atoms with Crippen LogP contribution in [0.2, 0.25) is 0 Å². The average molecular weight is 242 g/mol. The number of amides is 1. The molecule has 0 aliphatic carbocycles. The van der Waals surface area contributed by atoms with Crippen LogP contribution in [0.25, 0.3) is 0 Å². The van der Waals surface area contributed by atoms with Crippen LogP contribution < -0.4 is 5.32 Å². The first-order valence-electron chi connectivity index (χ1n) is 6.29. The fraction of sp³-hybridized carbons (Fsp3) is 0.833. The molecule has 2 unspecified atom stereocenters. The Morgan fingerprint density at radius 2 is 2.24 bits per heavy atom. The number of carboxylic acids is 1. The second-order valence-corrected chi connectivity index (χ2v) is 4.64. The van der Waals surface area contributed by atoms with E-state index < -0.39 is 5.97 Å². The summed E-state index contributed by atoms with van der Waals surface area (Å²) in [5, 5.41) is 12.0. The van der Waals surface area contributed by atoms with Crippen molar-refractivity contribution < 1.29 is 14.7 Å². The van der Waals surface area contributed by atoms with Gasteiger partial charge in [0, 0.05) is 25.0 Å². The highest BCUT2D eigenvalue weighted by molar-refractivity contribution is 5.78. The monoisotopic (exact) mass is 242 g/mol. The number of carbonyl (C=O) groups is 2. The van der Waals surface area contributed by atoms with Gasteiger partial charge in [-0.3, -0.25) is 9.59 Å². The van der Waals surface area contributed by atoms with Crippen LogP contribution in [0, 0.1) is 0 Å². The van der Waals surface area contributed by atoms with Gasteiger partial charge in [-0.25, -0.2) is 0 Å². The van der Waals surface area contributed by atoms with E-state index in [4.69, 9.17) is 5.11 Å². The molecule has 98 valence electrons. The van der Waals surface area contributed by atoms with E-state index in [1.807, 2.05) is 13.8 Å². The van der Waals surface area contributed by atoms with E-state index in [-0.39, 0.29) is 24.4 Å². The predicted octanol–water partition coefficient (Wildman–Crippen LogP) is 0.840. The molecule has 1 aliphatic rings. The van der Waals surface area contributed by atoms with Gasteiger partial charge in [0.15, 0.2) is 0 Å². The standard InChI is InChI=1S/C12H22N2O3/c1-3-13-9(2)7-11(15)14-6-4-5-10(14)8-12(16)17/h9-10,13H,3-8H2,1-2H3,(H,16,17). The van der Waals surface area contributed by atoms with E-state index in [0.717, 1.165) is 19.4 Å². The van der Waals surface area contributed by atoms with Crippen LogP contribution in [0.5, 0.6) is 0 Å². The lowest BCUT2D eigenvalue weighted by molar-refractivity contribution is -0.140. The van der Waals surface area contributed by atoms with Gasteiger partial charge < -0.3 is 15.3 Å². The van der Waals surface area contributed by atoms with Crippen molar-refractivity contribution in [3.05, 3.63) is 0 Å². The second-order valence-electron chi connectivity index (χ2n) is 4.64. The molecule has 1 saturated heterocycles. The minimum Gasteiger partial charge on any atom is -0.481 e. The molecule has 1 rings (SSSR count). The Labute approximate surface area is 102 Å². The van der Waals surface area contributed by atoms with Crippen LogP contribution in [0.3, 0.4) is 0 Å². The topological polar surface area (TPSA) is 69.6 Å². The zero-order chi connectivity index (χ0) is 12.8. The Morgan fingerprint density at radius 3 is 2.82 bits per heavy atom. The summed E-state index contributed by atoms with van der Waals surface area (Å²) in [5.74, 6) is -0.753. The molecule has 17 heavy (non-hydrogen) atoms. The number of nitrogens with one attached hydrogen (secondary N) is 1. The van der Waals surface area contributed by atoms with E-state index in [1.54, 1.807) is 4.90 Å². The molecule has 0 aromatic rings. The molecule has 5 heteroatoms. The van der Waals surface area contributed by atoms with Gasteiger partial charge in [-0.1, -0.05) is 6.92 Å². The van der Waals surface area contributed by atoms with Gasteiger partial charge in [0.1, 0.15) is 0 Å². The van der Waals surface area contributed by atoms with E-state index in [0.29, 0.717) is 13.0 Å². The number of likely N-dealkylation sites (tertiary alicyclic amines) is 1. The summed E-state index contributed by atoms with van der Waals surface area (Å²) in [7, 11) is 0. The van der Waals surface area contributed by atoms with E-state index in [1.165, 1.54) is 0 Å². The highest BCUT2D eigenvalue weighted by Crippen LogP contribution is 2.21. The first kappa shape index (κ1) is 14.0. The summed E-state index contributed by atoms with van der Waals surface area (Å²) in [4.78, 5) is 24.5. The van der Waals surface area contributed by atoms with Crippen LogP contribution in [0.4, 0.5) is 0 Å². The first-order valence-corrected chi connectivity index (χ1v) is 6.29. The molecule has 2 N–H and O–H groups in total. The summed E-state index contributed by atoms with van der Waals surface area (Å²) in [5.41, 5.74) is 0. The number of aliphatic carboxylic acids is 1. The molecular formula is C12H22N2O3. The molecule has 0 radical (unpaired) electrons. The quantitative estimate of drug-likeness (QED) is 0.724. The van der Waals surface area contributed by atoms with Crippen molar-refractivity contribution in [1.29, 1.82) is 0 Å². The van der Waals surface area contributed by atoms with Crippen LogP contribution >= 0.6 is 0 Å². The fourth-order valence-corrected chi connectivity index (χ4v) is 2.38. The number of hydrogen-bond donors (Lipinski definition) is 2. The molecule has 1 amide bonds. The summed E-state index contributed by atoms with van der Waals surface area (Å²) in [6, 6.07) is 0.0485. The van der Waals surface area contributed by atoms with Crippen molar-refractivity contribution in [2.75, 3.05) is 13.1 Å². The molecule has 0 aromatic heterocycles. The minimum atomic E-state index is -0.825. The summed E-state index contributed by atoms with van der Waals surface area (Å²) < 4.78 is 0. The molecule has 1 fully saturated rings. The highest BCUT2D eigenvalue weighted by atomic mass is 16.4. The van der Waals surface area contributed by atoms with Gasteiger partial charge in [-0.2, -0.15) is 0 Å². The Hall–Kier alpha value is -1.10. The molecule has 1 aliphatic heterocycles. The predicted molar refractivity (Wildman–Crippen MR) is 64.7 cm³/mol. The second kappa shape index (κ2) is 6.59. The molecule has 0 bridgehead atoms. The number of nitrogens with zero attached hydrogens (tertiary/aromatic N) is 1. The Bertz CT molecular complexity index is 281. The van der Waals surface area contributed by atoms with Crippen molar-refractivity contribution in [3.63, 3.8) is 0 Å². The van der Waals surface area contributed by atoms with E-state index in [9.17, 15) is 9.59 Å². The Kier molecular flexibility index (Phi) is 5.41. The Balaban J connectivity index is 2.46. The SMILES string of the molecule is CCNC(C)CC(=O)N1CCCC1CC(=O)O. The van der Waals surface area contributed by atoms with Crippen LogP contribution in [0.1, 0.15) is 39.5 Å². The van der Waals surface area contributed by atoms with Gasteiger partial charge in [0.05, 0.1) is 6.42 Å². The smallest absolute Gasteiger partial charge is 0.305 e. The number of carboxylic acid groups (broad SMARTS) is 1. The molecule has 0 aromatic carbocycles. The van der Waals surface area contributed by atoms with Gasteiger partial charge in [-0.05, 0) is 26.3 Å². The van der Waals surface area contributed by atoms with Crippen LogP contribution in [-0.2, 0) is 9.59 Å². The summed E-state index contributed by atoms with van der Waals surface area (Å²) in [6.07, 6.45) is 2.25. The van der Waals surface area contributed by atoms with Crippen molar-refractivity contribution in [2.24, 2.45) is 0 Å². The molecule has 0 saturated carbocycles. The average Bonchev–Trinajstić information content (AvgIpc) is 2.65. The summed E-state index contributed by atoms with van der Waals surface area (Å²) in [6.45, 7) is 5.52. The minimum absolute atomic E-state index is 0.0708. The van der Waals surface area contributed by atoms with Crippen molar-refractivity contribution in [3.8, 4) is 0 Å². The Morgan fingerprint density at radius 1 is 1.53 bits per heavy atom. The fourth-order valence-electron chi connectivity index (χ4n) is 2.38. The van der Waals surface area contributed by atoms with Gasteiger partial charge >= 0.3 is 5.97 Å². The lowest BCUT2D eigenvalue weighted by Crippen LogP contribution is -2.40. The summed E-state index contributed by atoms with van der Waals surface area (Å²) >= 11 is 0.